The fraction of sp³-hybridized carbons (Fsp3) is 1.00. The summed E-state index contributed by atoms with van der Waals surface area (Å²) in [5, 5.41) is 0. The monoisotopic (exact) mass is 470 g/mol. The molecule has 0 saturated carbocycles. The van der Waals surface area contributed by atoms with Crippen molar-refractivity contribution in [2.24, 2.45) is 0 Å². The number of rotatable bonds is 26. The second kappa shape index (κ2) is 24.4. The molecule has 194 valence electrons. The summed E-state index contributed by atoms with van der Waals surface area (Å²) in [4.78, 5) is 0. The molecule has 0 aliphatic heterocycles. The van der Waals surface area contributed by atoms with Gasteiger partial charge in [-0.1, -0.05) is 150 Å². The first kappa shape index (κ1) is 32.2. The lowest BCUT2D eigenvalue weighted by atomic mass is 10.0. The van der Waals surface area contributed by atoms with Crippen molar-refractivity contribution in [1.82, 2.24) is 0 Å². The Bertz CT molecular complexity index is 386. The quantitative estimate of drug-likeness (QED) is 0.0907. The lowest BCUT2D eigenvalue weighted by Crippen LogP contribution is -2.15. The van der Waals surface area contributed by atoms with Gasteiger partial charge in [-0.15, -0.1) is 0 Å². The SMILES string of the molecule is CCCCCCCCC(CCCCC)P(=O)(CCCCCCCC)CCCCCCCC. The number of hydrogen-bond donors (Lipinski definition) is 0. The van der Waals surface area contributed by atoms with Crippen LogP contribution in [0.4, 0.5) is 0 Å². The van der Waals surface area contributed by atoms with Gasteiger partial charge in [-0.2, -0.15) is 0 Å². The predicted molar refractivity (Wildman–Crippen MR) is 150 cm³/mol. The summed E-state index contributed by atoms with van der Waals surface area (Å²) in [6, 6.07) is 0. The van der Waals surface area contributed by atoms with Crippen LogP contribution in [-0.4, -0.2) is 18.0 Å². The van der Waals surface area contributed by atoms with E-state index in [1.807, 2.05) is 0 Å². The van der Waals surface area contributed by atoms with Gasteiger partial charge < -0.3 is 4.57 Å². The van der Waals surface area contributed by atoms with E-state index < -0.39 is 7.14 Å². The Morgan fingerprint density at radius 1 is 0.406 bits per heavy atom. The van der Waals surface area contributed by atoms with Crippen LogP contribution in [0.25, 0.3) is 0 Å². The lowest BCUT2D eigenvalue weighted by molar-refractivity contribution is 0.510. The molecule has 0 aliphatic rings. The third-order valence-corrected chi connectivity index (χ3v) is 11.5. The maximum absolute atomic E-state index is 14.5. The summed E-state index contributed by atoms with van der Waals surface area (Å²) in [6.45, 7) is 9.18. The molecule has 0 saturated heterocycles. The van der Waals surface area contributed by atoms with E-state index in [4.69, 9.17) is 0 Å². The lowest BCUT2D eigenvalue weighted by Gasteiger charge is -2.29. The third kappa shape index (κ3) is 18.6. The molecule has 0 N–H and O–H groups in total. The van der Waals surface area contributed by atoms with Crippen molar-refractivity contribution in [2.75, 3.05) is 12.3 Å². The van der Waals surface area contributed by atoms with Crippen molar-refractivity contribution in [3.05, 3.63) is 0 Å². The minimum absolute atomic E-state index is 0.534. The molecule has 0 aromatic rings. The molecule has 0 aromatic carbocycles. The van der Waals surface area contributed by atoms with E-state index in [2.05, 4.69) is 27.7 Å². The summed E-state index contributed by atoms with van der Waals surface area (Å²) in [5.41, 5.74) is 0.534. The summed E-state index contributed by atoms with van der Waals surface area (Å²) >= 11 is 0. The average molecular weight is 471 g/mol. The molecular weight excluding hydrogens is 407 g/mol. The second-order valence-corrected chi connectivity index (χ2v) is 14.2. The molecule has 0 amide bonds. The molecule has 0 radical (unpaired) electrons. The third-order valence-electron chi connectivity index (χ3n) is 7.48. The van der Waals surface area contributed by atoms with Gasteiger partial charge in [0.25, 0.3) is 0 Å². The van der Waals surface area contributed by atoms with E-state index in [1.165, 1.54) is 148 Å². The van der Waals surface area contributed by atoms with Crippen LogP contribution in [0.2, 0.25) is 0 Å². The van der Waals surface area contributed by atoms with Crippen LogP contribution in [0, 0.1) is 0 Å². The van der Waals surface area contributed by atoms with Crippen LogP contribution >= 0.6 is 7.14 Å². The van der Waals surface area contributed by atoms with Crippen molar-refractivity contribution in [2.45, 2.75) is 181 Å². The molecule has 1 atom stereocenters. The van der Waals surface area contributed by atoms with E-state index in [1.54, 1.807) is 0 Å². The van der Waals surface area contributed by atoms with E-state index in [0.717, 1.165) is 12.3 Å². The minimum Gasteiger partial charge on any atom is -0.323 e. The maximum atomic E-state index is 14.5. The van der Waals surface area contributed by atoms with E-state index in [-0.39, 0.29) is 0 Å². The van der Waals surface area contributed by atoms with Crippen molar-refractivity contribution in [3.63, 3.8) is 0 Å². The summed E-state index contributed by atoms with van der Waals surface area (Å²) in [6.07, 6.45) is 32.5. The number of hydrogen-bond acceptors (Lipinski definition) is 1. The van der Waals surface area contributed by atoms with Crippen LogP contribution in [-0.2, 0) is 4.57 Å². The fourth-order valence-electron chi connectivity index (χ4n) is 5.20. The molecule has 1 nitrogen and oxygen atoms in total. The summed E-state index contributed by atoms with van der Waals surface area (Å²) < 4.78 is 14.5. The zero-order valence-corrected chi connectivity index (χ0v) is 24.0. The molecule has 0 aromatic heterocycles. The van der Waals surface area contributed by atoms with Gasteiger partial charge in [0.2, 0.25) is 0 Å². The Morgan fingerprint density at radius 3 is 1.09 bits per heavy atom. The van der Waals surface area contributed by atoms with Crippen LogP contribution < -0.4 is 0 Å². The normalized spacial score (nSPS) is 13.0. The van der Waals surface area contributed by atoms with Gasteiger partial charge in [-0.25, -0.2) is 0 Å². The molecule has 0 aliphatic carbocycles. The van der Waals surface area contributed by atoms with Crippen LogP contribution in [0.1, 0.15) is 175 Å². The highest BCUT2D eigenvalue weighted by Crippen LogP contribution is 2.56. The molecular formula is C30H63OP. The molecule has 0 fully saturated rings. The van der Waals surface area contributed by atoms with Crippen LogP contribution in [0.3, 0.4) is 0 Å². The Morgan fingerprint density at radius 2 is 0.688 bits per heavy atom. The maximum Gasteiger partial charge on any atom is 0.0906 e. The largest absolute Gasteiger partial charge is 0.323 e. The van der Waals surface area contributed by atoms with Crippen molar-refractivity contribution < 1.29 is 4.57 Å². The van der Waals surface area contributed by atoms with Crippen molar-refractivity contribution >= 4 is 7.14 Å². The molecule has 0 spiro atoms. The van der Waals surface area contributed by atoms with E-state index in [0.29, 0.717) is 5.66 Å². The summed E-state index contributed by atoms with van der Waals surface area (Å²) in [5.74, 6) is 0. The van der Waals surface area contributed by atoms with Gasteiger partial charge in [0.15, 0.2) is 0 Å². The Balaban J connectivity index is 4.82. The van der Waals surface area contributed by atoms with Crippen LogP contribution in [0.15, 0.2) is 0 Å². The topological polar surface area (TPSA) is 17.1 Å². The molecule has 0 rings (SSSR count). The first-order valence-corrected chi connectivity index (χ1v) is 17.4. The highest BCUT2D eigenvalue weighted by molar-refractivity contribution is 7.64. The Kier molecular flexibility index (Phi) is 24.5. The van der Waals surface area contributed by atoms with Crippen molar-refractivity contribution in [3.8, 4) is 0 Å². The molecule has 2 heteroatoms. The van der Waals surface area contributed by atoms with Gasteiger partial charge >= 0.3 is 0 Å². The fourth-order valence-corrected chi connectivity index (χ4v) is 8.98. The average Bonchev–Trinajstić information content (AvgIpc) is 2.79. The van der Waals surface area contributed by atoms with Gasteiger partial charge in [-0.3, -0.25) is 0 Å². The van der Waals surface area contributed by atoms with E-state index in [9.17, 15) is 4.57 Å². The molecule has 0 heterocycles. The van der Waals surface area contributed by atoms with Gasteiger partial charge in [-0.05, 0) is 25.7 Å². The molecule has 0 bridgehead atoms. The Hall–Kier alpha value is 0.230. The zero-order valence-electron chi connectivity index (χ0n) is 23.1. The first-order chi connectivity index (χ1) is 15.6. The summed E-state index contributed by atoms with van der Waals surface area (Å²) in [7, 11) is -2.04. The molecule has 1 unspecified atom stereocenters. The predicted octanol–water partition coefficient (Wildman–Crippen LogP) is 11.8. The highest BCUT2D eigenvalue weighted by atomic mass is 31.2. The van der Waals surface area contributed by atoms with Crippen molar-refractivity contribution in [1.29, 1.82) is 0 Å². The molecule has 32 heavy (non-hydrogen) atoms. The number of unbranched alkanes of at least 4 members (excludes halogenated alkanes) is 17. The van der Waals surface area contributed by atoms with E-state index >= 15 is 0 Å². The van der Waals surface area contributed by atoms with Gasteiger partial charge in [0.05, 0.1) is 7.14 Å². The zero-order chi connectivity index (χ0) is 23.8. The second-order valence-electron chi connectivity index (χ2n) is 10.6. The van der Waals surface area contributed by atoms with Gasteiger partial charge in [0.1, 0.15) is 0 Å². The smallest absolute Gasteiger partial charge is 0.0906 e. The Labute approximate surface area is 205 Å². The highest BCUT2D eigenvalue weighted by Gasteiger charge is 2.31. The van der Waals surface area contributed by atoms with Gasteiger partial charge in [0, 0.05) is 18.0 Å². The standard InChI is InChI=1S/C30H63OP/c1-5-9-13-16-19-23-27-30(26-22-12-8-4)32(31,28-24-20-17-14-10-6-2)29-25-21-18-15-11-7-3/h30H,5-29H2,1-4H3. The van der Waals surface area contributed by atoms with Crippen LogP contribution in [0.5, 0.6) is 0 Å². The minimum atomic E-state index is -2.04. The first-order valence-electron chi connectivity index (χ1n) is 15.2.